The Bertz CT molecular complexity index is 937. The predicted octanol–water partition coefficient (Wildman–Crippen LogP) is 4.28. The molecule has 1 heterocycles. The highest BCUT2D eigenvalue weighted by Crippen LogP contribution is 2.29. The van der Waals surface area contributed by atoms with E-state index in [1.54, 1.807) is 18.2 Å². The number of hydrogen-bond donors (Lipinski definition) is 1. The third-order valence-electron chi connectivity index (χ3n) is 3.90. The summed E-state index contributed by atoms with van der Waals surface area (Å²) in [6.07, 6.45) is 0. The lowest BCUT2D eigenvalue weighted by atomic mass is 10.2. The molecule has 1 amide bonds. The Morgan fingerprint density at radius 2 is 1.79 bits per heavy atom. The first-order valence-electron chi connectivity index (χ1n) is 9.16. The summed E-state index contributed by atoms with van der Waals surface area (Å²) in [6, 6.07) is 14.5. The Labute approximate surface area is 163 Å². The Hall–Kier alpha value is -3.35. The second-order valence-electron chi connectivity index (χ2n) is 6.37. The van der Waals surface area contributed by atoms with E-state index in [0.717, 1.165) is 0 Å². The Morgan fingerprint density at radius 3 is 2.50 bits per heavy atom. The molecule has 1 N–H and O–H groups in total. The molecule has 146 valence electrons. The number of amides is 1. The smallest absolute Gasteiger partial charge is 0.262 e. The first-order valence-corrected chi connectivity index (χ1v) is 9.16. The van der Waals surface area contributed by atoms with Gasteiger partial charge in [0.1, 0.15) is 11.5 Å². The third kappa shape index (κ3) is 4.68. The zero-order valence-electron chi connectivity index (χ0n) is 16.1. The van der Waals surface area contributed by atoms with E-state index in [-0.39, 0.29) is 18.4 Å². The van der Waals surface area contributed by atoms with Crippen LogP contribution in [-0.4, -0.2) is 29.3 Å². The fourth-order valence-electron chi connectivity index (χ4n) is 2.53. The van der Waals surface area contributed by atoms with Crippen LogP contribution >= 0.6 is 0 Å². The summed E-state index contributed by atoms with van der Waals surface area (Å²) in [7, 11) is 0. The number of benzene rings is 2. The first-order chi connectivity index (χ1) is 13.6. The van der Waals surface area contributed by atoms with Gasteiger partial charge in [-0.3, -0.25) is 4.79 Å². The molecule has 0 unspecified atom stereocenters. The SMILES string of the molecule is CCOc1ccccc1NC(=O)COc1ccccc1-c1nc(C(C)C)no1. The summed E-state index contributed by atoms with van der Waals surface area (Å²) in [5.74, 6) is 1.95. The van der Waals surface area contributed by atoms with Gasteiger partial charge in [-0.25, -0.2) is 0 Å². The standard InChI is InChI=1S/C21H23N3O4/c1-4-26-18-12-8-6-10-16(18)22-19(25)13-27-17-11-7-5-9-15(17)21-23-20(14(2)3)24-28-21/h5-12,14H,4,13H2,1-3H3,(H,22,25). The van der Waals surface area contributed by atoms with E-state index in [4.69, 9.17) is 14.0 Å². The van der Waals surface area contributed by atoms with Gasteiger partial charge in [0.05, 0.1) is 17.9 Å². The molecule has 0 radical (unpaired) electrons. The maximum Gasteiger partial charge on any atom is 0.262 e. The minimum atomic E-state index is -0.296. The van der Waals surface area contributed by atoms with Crippen LogP contribution in [0.4, 0.5) is 5.69 Å². The van der Waals surface area contributed by atoms with Crippen molar-refractivity contribution in [2.24, 2.45) is 0 Å². The molecule has 0 aliphatic carbocycles. The van der Waals surface area contributed by atoms with Crippen LogP contribution in [0.25, 0.3) is 11.5 Å². The minimum Gasteiger partial charge on any atom is -0.492 e. The minimum absolute atomic E-state index is 0.154. The Morgan fingerprint density at radius 1 is 1.07 bits per heavy atom. The van der Waals surface area contributed by atoms with E-state index in [2.05, 4.69) is 15.5 Å². The van der Waals surface area contributed by atoms with Gasteiger partial charge < -0.3 is 19.3 Å². The summed E-state index contributed by atoms with van der Waals surface area (Å²) in [5, 5.41) is 6.78. The largest absolute Gasteiger partial charge is 0.492 e. The number of rotatable bonds is 8. The number of carbonyl (C=O) groups is 1. The van der Waals surface area contributed by atoms with Crippen LogP contribution in [0.1, 0.15) is 32.5 Å². The van der Waals surface area contributed by atoms with Gasteiger partial charge in [0.2, 0.25) is 0 Å². The molecule has 0 bridgehead atoms. The lowest BCUT2D eigenvalue weighted by molar-refractivity contribution is -0.118. The zero-order chi connectivity index (χ0) is 19.9. The van der Waals surface area contributed by atoms with Crippen LogP contribution in [-0.2, 0) is 4.79 Å². The number of para-hydroxylation sites is 3. The summed E-state index contributed by atoms with van der Waals surface area (Å²) in [5.41, 5.74) is 1.24. The second-order valence-corrected chi connectivity index (χ2v) is 6.37. The quantitative estimate of drug-likeness (QED) is 0.627. The van der Waals surface area contributed by atoms with Gasteiger partial charge in [0.15, 0.2) is 12.4 Å². The predicted molar refractivity (Wildman–Crippen MR) is 106 cm³/mol. The van der Waals surface area contributed by atoms with Crippen molar-refractivity contribution in [1.82, 2.24) is 10.1 Å². The molecule has 0 aliphatic heterocycles. The van der Waals surface area contributed by atoms with Gasteiger partial charge in [0.25, 0.3) is 11.8 Å². The second kappa shape index (κ2) is 9.03. The van der Waals surface area contributed by atoms with E-state index < -0.39 is 0 Å². The van der Waals surface area contributed by atoms with Crippen LogP contribution in [0.2, 0.25) is 0 Å². The molecule has 1 aromatic heterocycles. The number of nitrogens with one attached hydrogen (secondary N) is 1. The molecular weight excluding hydrogens is 358 g/mol. The van der Waals surface area contributed by atoms with Gasteiger partial charge in [0, 0.05) is 5.92 Å². The summed E-state index contributed by atoms with van der Waals surface area (Å²) < 4.78 is 16.6. The average Bonchev–Trinajstić information content (AvgIpc) is 3.19. The molecule has 7 heteroatoms. The number of anilines is 1. The van der Waals surface area contributed by atoms with E-state index in [1.165, 1.54) is 0 Å². The summed E-state index contributed by atoms with van der Waals surface area (Å²) in [4.78, 5) is 16.7. The van der Waals surface area contributed by atoms with Crippen molar-refractivity contribution in [3.8, 4) is 23.0 Å². The Balaban J connectivity index is 1.69. The molecule has 2 aromatic carbocycles. The van der Waals surface area contributed by atoms with Crippen LogP contribution in [0, 0.1) is 0 Å². The molecule has 0 atom stereocenters. The highest BCUT2D eigenvalue weighted by atomic mass is 16.5. The molecular formula is C21H23N3O4. The number of aromatic nitrogens is 2. The van der Waals surface area contributed by atoms with Crippen molar-refractivity contribution < 1.29 is 18.8 Å². The van der Waals surface area contributed by atoms with Gasteiger partial charge in [-0.05, 0) is 31.2 Å². The van der Waals surface area contributed by atoms with Crippen molar-refractivity contribution in [3.63, 3.8) is 0 Å². The molecule has 0 spiro atoms. The molecule has 0 fully saturated rings. The van der Waals surface area contributed by atoms with Crippen LogP contribution in [0.5, 0.6) is 11.5 Å². The highest BCUT2D eigenvalue weighted by molar-refractivity contribution is 5.93. The molecule has 0 saturated carbocycles. The maximum atomic E-state index is 12.3. The zero-order valence-corrected chi connectivity index (χ0v) is 16.1. The van der Waals surface area contributed by atoms with Crippen molar-refractivity contribution in [3.05, 3.63) is 54.4 Å². The number of hydrogen-bond acceptors (Lipinski definition) is 6. The molecule has 7 nitrogen and oxygen atoms in total. The molecule has 0 saturated heterocycles. The van der Waals surface area contributed by atoms with Gasteiger partial charge in [-0.15, -0.1) is 0 Å². The molecule has 3 aromatic rings. The number of ether oxygens (including phenoxy) is 2. The third-order valence-corrected chi connectivity index (χ3v) is 3.90. The average molecular weight is 381 g/mol. The molecule has 3 rings (SSSR count). The van der Waals surface area contributed by atoms with Crippen LogP contribution in [0.3, 0.4) is 0 Å². The van der Waals surface area contributed by atoms with Crippen molar-refractivity contribution in [2.75, 3.05) is 18.5 Å². The van der Waals surface area contributed by atoms with E-state index in [9.17, 15) is 4.79 Å². The van der Waals surface area contributed by atoms with Gasteiger partial charge in [-0.2, -0.15) is 4.98 Å². The van der Waals surface area contributed by atoms with Crippen molar-refractivity contribution in [2.45, 2.75) is 26.7 Å². The van der Waals surface area contributed by atoms with E-state index in [1.807, 2.05) is 51.1 Å². The maximum absolute atomic E-state index is 12.3. The number of carbonyl (C=O) groups excluding carboxylic acids is 1. The fraction of sp³-hybridized carbons (Fsp3) is 0.286. The Kier molecular flexibility index (Phi) is 6.26. The van der Waals surface area contributed by atoms with E-state index >= 15 is 0 Å². The monoisotopic (exact) mass is 381 g/mol. The van der Waals surface area contributed by atoms with Crippen molar-refractivity contribution >= 4 is 11.6 Å². The lowest BCUT2D eigenvalue weighted by Crippen LogP contribution is -2.20. The normalized spacial score (nSPS) is 10.7. The lowest BCUT2D eigenvalue weighted by Gasteiger charge is -2.12. The fourth-order valence-corrected chi connectivity index (χ4v) is 2.53. The summed E-state index contributed by atoms with van der Waals surface area (Å²) >= 11 is 0. The molecule has 0 aliphatic rings. The first kappa shape index (κ1) is 19.4. The topological polar surface area (TPSA) is 86.5 Å². The van der Waals surface area contributed by atoms with E-state index in [0.29, 0.717) is 41.1 Å². The molecule has 28 heavy (non-hydrogen) atoms. The summed E-state index contributed by atoms with van der Waals surface area (Å²) in [6.45, 7) is 6.21. The van der Waals surface area contributed by atoms with Crippen molar-refractivity contribution in [1.29, 1.82) is 0 Å². The van der Waals surface area contributed by atoms with Crippen LogP contribution in [0.15, 0.2) is 53.1 Å². The van der Waals surface area contributed by atoms with Gasteiger partial charge >= 0.3 is 0 Å². The van der Waals surface area contributed by atoms with Gasteiger partial charge in [-0.1, -0.05) is 43.3 Å². The number of nitrogens with zero attached hydrogens (tertiary/aromatic N) is 2. The van der Waals surface area contributed by atoms with Crippen LogP contribution < -0.4 is 14.8 Å². The highest BCUT2D eigenvalue weighted by Gasteiger charge is 2.16.